The highest BCUT2D eigenvalue weighted by atomic mass is 16.5. The van der Waals surface area contributed by atoms with Crippen LogP contribution in [-0.2, 0) is 4.79 Å². The summed E-state index contributed by atoms with van der Waals surface area (Å²) in [5.74, 6) is -0.247. The van der Waals surface area contributed by atoms with Gasteiger partial charge in [-0.1, -0.05) is 6.07 Å². The predicted octanol–water partition coefficient (Wildman–Crippen LogP) is 2.80. The molecule has 2 N–H and O–H groups in total. The number of hydrogen-bond donors (Lipinski definition) is 2. The van der Waals surface area contributed by atoms with E-state index in [9.17, 15) is 9.59 Å². The molecule has 2 aromatic carbocycles. The molecule has 0 aliphatic rings. The summed E-state index contributed by atoms with van der Waals surface area (Å²) in [4.78, 5) is 22.6. The summed E-state index contributed by atoms with van der Waals surface area (Å²) in [5, 5.41) is 11.3. The van der Waals surface area contributed by atoms with E-state index in [-0.39, 0.29) is 5.91 Å². The van der Waals surface area contributed by atoms with Crippen molar-refractivity contribution in [1.82, 2.24) is 0 Å². The molecule has 0 aliphatic heterocycles. The van der Waals surface area contributed by atoms with Crippen molar-refractivity contribution in [3.8, 4) is 11.5 Å². The molecule has 0 saturated heterocycles. The highest BCUT2D eigenvalue weighted by Crippen LogP contribution is 2.18. The lowest BCUT2D eigenvalue weighted by molar-refractivity contribution is -0.139. The van der Waals surface area contributed by atoms with Crippen LogP contribution in [-0.4, -0.2) is 30.2 Å². The molecule has 0 fully saturated rings. The minimum absolute atomic E-state index is 0.259. The molecular weight excluding hydrogens is 298 g/mol. The zero-order valence-electron chi connectivity index (χ0n) is 12.6. The number of amides is 1. The third-order valence-corrected chi connectivity index (χ3v) is 2.88. The van der Waals surface area contributed by atoms with Crippen molar-refractivity contribution in [2.24, 2.45) is 0 Å². The molecule has 0 radical (unpaired) electrons. The Balaban J connectivity index is 1.99. The molecule has 0 spiro atoms. The van der Waals surface area contributed by atoms with Crippen molar-refractivity contribution in [2.45, 2.75) is 6.92 Å². The quantitative estimate of drug-likeness (QED) is 0.820. The molecule has 0 aromatic heterocycles. The second-order valence-electron chi connectivity index (χ2n) is 4.62. The van der Waals surface area contributed by atoms with Crippen LogP contribution in [0.5, 0.6) is 11.5 Å². The van der Waals surface area contributed by atoms with Gasteiger partial charge in [-0.05, 0) is 49.4 Å². The number of aliphatic carboxylic acids is 1. The van der Waals surface area contributed by atoms with Crippen LogP contribution in [0.4, 0.5) is 5.69 Å². The van der Waals surface area contributed by atoms with Crippen LogP contribution in [0.3, 0.4) is 0 Å². The summed E-state index contributed by atoms with van der Waals surface area (Å²) in [6.45, 7) is 2.00. The van der Waals surface area contributed by atoms with Gasteiger partial charge in [0.2, 0.25) is 0 Å². The standard InChI is InChI=1S/C17H17NO5/c1-2-22-15-5-3-4-12(10-15)17(21)18-13-6-8-14(9-7-13)23-11-16(19)20/h3-10H,2,11H2,1H3,(H,18,21)(H,19,20). The van der Waals surface area contributed by atoms with Crippen molar-refractivity contribution in [3.63, 3.8) is 0 Å². The Kier molecular flexibility index (Phi) is 5.57. The maximum atomic E-state index is 12.2. The zero-order valence-corrected chi connectivity index (χ0v) is 12.6. The van der Waals surface area contributed by atoms with Gasteiger partial charge in [-0.15, -0.1) is 0 Å². The highest BCUT2D eigenvalue weighted by molar-refractivity contribution is 6.04. The summed E-state index contributed by atoms with van der Waals surface area (Å²) in [6, 6.07) is 13.4. The van der Waals surface area contributed by atoms with Gasteiger partial charge in [0, 0.05) is 11.3 Å². The molecule has 0 unspecified atom stereocenters. The van der Waals surface area contributed by atoms with Crippen LogP contribution in [0.2, 0.25) is 0 Å². The van der Waals surface area contributed by atoms with E-state index in [1.807, 2.05) is 6.92 Å². The van der Waals surface area contributed by atoms with Gasteiger partial charge in [-0.3, -0.25) is 4.79 Å². The fourth-order valence-corrected chi connectivity index (χ4v) is 1.88. The maximum absolute atomic E-state index is 12.2. The molecule has 6 nitrogen and oxygen atoms in total. The molecule has 0 saturated carbocycles. The van der Waals surface area contributed by atoms with Crippen molar-refractivity contribution >= 4 is 17.6 Å². The largest absolute Gasteiger partial charge is 0.494 e. The van der Waals surface area contributed by atoms with E-state index in [1.54, 1.807) is 48.5 Å². The Bertz CT molecular complexity index is 682. The summed E-state index contributed by atoms with van der Waals surface area (Å²) in [6.07, 6.45) is 0. The Labute approximate surface area is 133 Å². The minimum Gasteiger partial charge on any atom is -0.494 e. The average molecular weight is 315 g/mol. The van der Waals surface area contributed by atoms with Gasteiger partial charge in [0.1, 0.15) is 11.5 Å². The smallest absolute Gasteiger partial charge is 0.341 e. The van der Waals surface area contributed by atoms with Gasteiger partial charge >= 0.3 is 5.97 Å². The Hall–Kier alpha value is -3.02. The van der Waals surface area contributed by atoms with Gasteiger partial charge in [0.05, 0.1) is 6.61 Å². The molecule has 2 aromatic rings. The Morgan fingerprint density at radius 1 is 1.04 bits per heavy atom. The number of ether oxygens (including phenoxy) is 2. The van der Waals surface area contributed by atoms with Crippen LogP contribution in [0, 0.1) is 0 Å². The normalized spacial score (nSPS) is 9.96. The second-order valence-corrected chi connectivity index (χ2v) is 4.62. The number of hydrogen-bond acceptors (Lipinski definition) is 4. The predicted molar refractivity (Wildman–Crippen MR) is 85.1 cm³/mol. The second kappa shape index (κ2) is 7.84. The van der Waals surface area contributed by atoms with E-state index in [4.69, 9.17) is 14.6 Å². The van der Waals surface area contributed by atoms with Crippen molar-refractivity contribution in [3.05, 3.63) is 54.1 Å². The SMILES string of the molecule is CCOc1cccc(C(=O)Nc2ccc(OCC(=O)O)cc2)c1. The van der Waals surface area contributed by atoms with E-state index in [0.29, 0.717) is 29.4 Å². The Morgan fingerprint density at radius 3 is 2.43 bits per heavy atom. The van der Waals surface area contributed by atoms with E-state index in [0.717, 1.165) is 0 Å². The fraction of sp³-hybridized carbons (Fsp3) is 0.176. The summed E-state index contributed by atoms with van der Waals surface area (Å²) >= 11 is 0. The van der Waals surface area contributed by atoms with Gasteiger partial charge in [0.25, 0.3) is 5.91 Å². The molecule has 120 valence electrons. The lowest BCUT2D eigenvalue weighted by Gasteiger charge is -2.08. The maximum Gasteiger partial charge on any atom is 0.341 e. The summed E-state index contributed by atoms with van der Waals surface area (Å²) in [5.41, 5.74) is 1.07. The molecular formula is C17H17NO5. The van der Waals surface area contributed by atoms with Gasteiger partial charge in [-0.2, -0.15) is 0 Å². The number of nitrogens with one attached hydrogen (secondary N) is 1. The number of anilines is 1. The number of carbonyl (C=O) groups excluding carboxylic acids is 1. The average Bonchev–Trinajstić information content (AvgIpc) is 2.55. The summed E-state index contributed by atoms with van der Waals surface area (Å²) in [7, 11) is 0. The first-order valence-electron chi connectivity index (χ1n) is 7.07. The minimum atomic E-state index is -1.04. The third kappa shape index (κ3) is 5.03. The first kappa shape index (κ1) is 16.4. The highest BCUT2D eigenvalue weighted by Gasteiger charge is 2.07. The molecule has 0 heterocycles. The first-order valence-corrected chi connectivity index (χ1v) is 7.07. The van der Waals surface area contributed by atoms with E-state index >= 15 is 0 Å². The first-order chi connectivity index (χ1) is 11.1. The van der Waals surface area contributed by atoms with E-state index in [1.165, 1.54) is 0 Å². The fourth-order valence-electron chi connectivity index (χ4n) is 1.88. The monoisotopic (exact) mass is 315 g/mol. The topological polar surface area (TPSA) is 84.9 Å². The third-order valence-electron chi connectivity index (χ3n) is 2.88. The number of carboxylic acid groups (broad SMARTS) is 1. The van der Waals surface area contributed by atoms with Crippen LogP contribution in [0.15, 0.2) is 48.5 Å². The van der Waals surface area contributed by atoms with Crippen molar-refractivity contribution in [1.29, 1.82) is 0 Å². The molecule has 0 aliphatic carbocycles. The molecule has 2 rings (SSSR count). The lowest BCUT2D eigenvalue weighted by atomic mass is 10.2. The number of benzene rings is 2. The van der Waals surface area contributed by atoms with Crippen molar-refractivity contribution < 1.29 is 24.2 Å². The van der Waals surface area contributed by atoms with Crippen LogP contribution < -0.4 is 14.8 Å². The van der Waals surface area contributed by atoms with Crippen LogP contribution in [0.1, 0.15) is 17.3 Å². The van der Waals surface area contributed by atoms with E-state index < -0.39 is 12.6 Å². The summed E-state index contributed by atoms with van der Waals surface area (Å²) < 4.78 is 10.4. The number of carboxylic acids is 1. The van der Waals surface area contributed by atoms with E-state index in [2.05, 4.69) is 5.32 Å². The van der Waals surface area contributed by atoms with Crippen LogP contribution >= 0.6 is 0 Å². The lowest BCUT2D eigenvalue weighted by Crippen LogP contribution is -2.12. The number of rotatable bonds is 7. The molecule has 23 heavy (non-hydrogen) atoms. The van der Waals surface area contributed by atoms with Gasteiger partial charge in [0.15, 0.2) is 6.61 Å². The Morgan fingerprint density at radius 2 is 1.78 bits per heavy atom. The molecule has 6 heteroatoms. The van der Waals surface area contributed by atoms with Crippen LogP contribution in [0.25, 0.3) is 0 Å². The van der Waals surface area contributed by atoms with Gasteiger partial charge in [-0.25, -0.2) is 4.79 Å². The number of carbonyl (C=O) groups is 2. The zero-order chi connectivity index (χ0) is 16.7. The van der Waals surface area contributed by atoms with Crippen molar-refractivity contribution in [2.75, 3.05) is 18.5 Å². The van der Waals surface area contributed by atoms with Gasteiger partial charge < -0.3 is 19.9 Å². The molecule has 1 amide bonds. The molecule has 0 atom stereocenters. The molecule has 0 bridgehead atoms.